The molecule has 0 bridgehead atoms. The molecule has 7 N–H and O–H groups in total. The minimum Gasteiger partial charge on any atom is -0.347 e. The van der Waals surface area contributed by atoms with Crippen LogP contribution in [0.1, 0.15) is 137 Å². The van der Waals surface area contributed by atoms with Crippen LogP contribution in [0.2, 0.25) is 0 Å². The summed E-state index contributed by atoms with van der Waals surface area (Å²) in [7, 11) is 1.64. The first-order valence-electron chi connectivity index (χ1n) is 28.4. The van der Waals surface area contributed by atoms with Crippen molar-refractivity contribution in [3.05, 3.63) is 179 Å². The summed E-state index contributed by atoms with van der Waals surface area (Å²) in [5, 5.41) is 21.3. The zero-order valence-corrected chi connectivity index (χ0v) is 51.3. The quantitative estimate of drug-likeness (QED) is 0.0410. The number of amides is 8. The molecule has 2 aliphatic rings. The number of benzene rings is 5. The van der Waals surface area contributed by atoms with Crippen molar-refractivity contribution in [2.75, 3.05) is 20.1 Å². The van der Waals surface area contributed by atoms with Crippen LogP contribution >= 0.6 is 24.8 Å². The molecule has 450 valence electrons. The highest BCUT2D eigenvalue weighted by molar-refractivity contribution is 6.01. The number of carbonyl (C=O) groups excluding carboxylic acids is 8. The van der Waals surface area contributed by atoms with Crippen molar-refractivity contribution in [1.82, 2.24) is 47.0 Å². The minimum absolute atomic E-state index is 0. The van der Waals surface area contributed by atoms with Crippen molar-refractivity contribution in [2.24, 2.45) is 16.7 Å². The molecule has 17 nitrogen and oxygen atoms in total. The fourth-order valence-corrected chi connectivity index (χ4v) is 10.5. The van der Waals surface area contributed by atoms with Gasteiger partial charge in [-0.15, -0.1) is 24.8 Å². The van der Waals surface area contributed by atoms with Gasteiger partial charge in [-0.1, -0.05) is 183 Å². The normalized spacial score (nSPS) is 18.2. The van der Waals surface area contributed by atoms with E-state index in [0.717, 1.165) is 22.3 Å². The van der Waals surface area contributed by atoms with Gasteiger partial charge in [0.2, 0.25) is 35.4 Å². The van der Waals surface area contributed by atoms with Crippen molar-refractivity contribution in [3.8, 4) is 0 Å². The number of halogens is 2. The summed E-state index contributed by atoms with van der Waals surface area (Å²) in [5.74, 6) is -4.00. The van der Waals surface area contributed by atoms with E-state index in [9.17, 15) is 38.4 Å². The third-order valence-corrected chi connectivity index (χ3v) is 15.6. The first-order chi connectivity index (χ1) is 39.0. The van der Waals surface area contributed by atoms with Crippen LogP contribution in [0.15, 0.2) is 146 Å². The van der Waals surface area contributed by atoms with Crippen LogP contribution in [0.5, 0.6) is 0 Å². The van der Waals surface area contributed by atoms with Crippen LogP contribution in [0, 0.1) is 16.7 Å². The van der Waals surface area contributed by atoms with Gasteiger partial charge in [0.1, 0.15) is 24.2 Å². The number of carbonyl (C=O) groups is 8. The molecule has 7 rings (SSSR count). The molecule has 8 atom stereocenters. The second-order valence-electron chi connectivity index (χ2n) is 23.9. The average molecular weight is 1190 g/mol. The van der Waals surface area contributed by atoms with Crippen LogP contribution in [0.25, 0.3) is 0 Å². The molecule has 0 saturated carbocycles. The van der Waals surface area contributed by atoms with Crippen molar-refractivity contribution < 1.29 is 38.4 Å². The number of nitrogens with one attached hydrogen (secondary N) is 7. The summed E-state index contributed by atoms with van der Waals surface area (Å²) >= 11 is 0. The number of hydrogen-bond acceptors (Lipinski definition) is 9. The second-order valence-corrected chi connectivity index (χ2v) is 23.9. The smallest absolute Gasteiger partial charge is 0.251 e. The van der Waals surface area contributed by atoms with Gasteiger partial charge in [0.05, 0.1) is 18.1 Å². The number of likely N-dealkylation sites (tertiary alicyclic amines) is 2. The Balaban J connectivity index is 0.00000645. The Morgan fingerprint density at radius 2 is 0.821 bits per heavy atom. The van der Waals surface area contributed by atoms with E-state index in [0.29, 0.717) is 6.42 Å². The molecule has 0 aromatic heterocycles. The van der Waals surface area contributed by atoms with E-state index in [2.05, 4.69) is 37.2 Å². The fraction of sp³-hybridized carbons (Fsp3) is 0.415. The third-order valence-electron chi connectivity index (χ3n) is 15.6. The van der Waals surface area contributed by atoms with Gasteiger partial charge in [0, 0.05) is 42.2 Å². The summed E-state index contributed by atoms with van der Waals surface area (Å²) in [6.45, 7) is 16.3. The van der Waals surface area contributed by atoms with E-state index in [1.165, 1.54) is 15.9 Å². The Bertz CT molecular complexity index is 2770. The molecule has 8 amide bonds. The highest BCUT2D eigenvalue weighted by Gasteiger charge is 2.48. The topological polar surface area (TPSA) is 227 Å². The number of hydrogen-bond donors (Lipinski definition) is 7. The first-order valence-corrected chi connectivity index (χ1v) is 28.4. The lowest BCUT2D eigenvalue weighted by Crippen LogP contribution is -2.59. The van der Waals surface area contributed by atoms with E-state index in [1.807, 2.05) is 170 Å². The third kappa shape index (κ3) is 16.8. The Morgan fingerprint density at radius 1 is 0.488 bits per heavy atom. The van der Waals surface area contributed by atoms with Crippen LogP contribution < -0.4 is 37.2 Å². The lowest BCUT2D eigenvalue weighted by Gasteiger charge is -2.36. The molecule has 0 unspecified atom stereocenters. The van der Waals surface area contributed by atoms with Crippen LogP contribution in [-0.2, 0) is 28.8 Å². The van der Waals surface area contributed by atoms with Gasteiger partial charge in [-0.3, -0.25) is 38.4 Å². The Labute approximate surface area is 506 Å². The van der Waals surface area contributed by atoms with Crippen molar-refractivity contribution in [2.45, 2.75) is 136 Å². The number of rotatable bonds is 20. The van der Waals surface area contributed by atoms with E-state index in [1.54, 1.807) is 39.1 Å². The molecule has 0 spiro atoms. The average Bonchev–Trinajstić information content (AvgIpc) is 3.91. The van der Waals surface area contributed by atoms with E-state index in [4.69, 9.17) is 0 Å². The highest BCUT2D eigenvalue weighted by atomic mass is 35.5. The molecule has 5 aromatic rings. The Morgan fingerprint density at radius 3 is 1.13 bits per heavy atom. The van der Waals surface area contributed by atoms with Crippen LogP contribution in [-0.4, -0.2) is 119 Å². The molecule has 19 heteroatoms. The largest absolute Gasteiger partial charge is 0.347 e. The molecule has 2 saturated heterocycles. The van der Waals surface area contributed by atoms with Gasteiger partial charge in [0.25, 0.3) is 11.8 Å². The summed E-state index contributed by atoms with van der Waals surface area (Å²) in [6.07, 6.45) is 0.649. The highest BCUT2D eigenvalue weighted by Crippen LogP contribution is 2.31. The van der Waals surface area contributed by atoms with E-state index in [-0.39, 0.29) is 73.7 Å². The van der Waals surface area contributed by atoms with Crippen molar-refractivity contribution in [3.63, 3.8) is 0 Å². The molecular weight excluding hydrogens is 1110 g/mol. The summed E-state index contributed by atoms with van der Waals surface area (Å²) in [4.78, 5) is 118. The maximum atomic E-state index is 14.9. The van der Waals surface area contributed by atoms with E-state index < -0.39 is 107 Å². The predicted molar refractivity (Wildman–Crippen MR) is 330 cm³/mol. The Hall–Kier alpha value is -7.60. The summed E-state index contributed by atoms with van der Waals surface area (Å²) < 4.78 is 0. The lowest BCUT2D eigenvalue weighted by molar-refractivity contribution is -0.144. The Kier molecular flexibility index (Phi) is 23.8. The van der Waals surface area contributed by atoms with Gasteiger partial charge >= 0.3 is 0 Å². The standard InChI is InChI=1S/C65H81N9O8.2ClH/c1-11-40(2)56(75)71-54(64(4,5)6)62(81)73-38-48(36-50(73)60(79)69-52(42-25-16-12-17-26-42)43-27-18-13-19-28-43)67-58(77)46-33-24-34-47(35-46)59(78)68-49-37-51(74(39-49)63(82)55(65(7,8)9)72-57(76)41(3)66-10)61(80)70-53(44-29-20-14-21-30-44)45-31-22-15-23-32-45;;/h12-35,40-41,48-55,66H,11,36-39H2,1-10H3,(H,67,77)(H,68,78)(H,69,79)(H,70,80)(H,71,75)(H,72,76);2*1H/t40-,41+,48+,49+,50+,51+,54-,55-;;/m1../s1. The fourth-order valence-electron chi connectivity index (χ4n) is 10.5. The maximum absolute atomic E-state index is 14.9. The monoisotopic (exact) mass is 1190 g/mol. The molecule has 5 aromatic carbocycles. The number of nitrogens with zero attached hydrogens (tertiary/aromatic N) is 2. The zero-order chi connectivity index (χ0) is 59.5. The van der Waals surface area contributed by atoms with Crippen LogP contribution in [0.3, 0.4) is 0 Å². The summed E-state index contributed by atoms with van der Waals surface area (Å²) in [6, 6.07) is 36.7. The predicted octanol–water partition coefficient (Wildman–Crippen LogP) is 7.46. The molecule has 2 heterocycles. The molecule has 2 aliphatic heterocycles. The second kappa shape index (κ2) is 29.8. The summed E-state index contributed by atoms with van der Waals surface area (Å²) in [5.41, 5.74) is 2.02. The number of likely N-dealkylation sites (N-methyl/N-ethyl adjacent to an activating group) is 1. The molecule has 0 aliphatic carbocycles. The maximum Gasteiger partial charge on any atom is 0.251 e. The van der Waals surface area contributed by atoms with Crippen LogP contribution in [0.4, 0.5) is 0 Å². The first kappa shape index (κ1) is 67.2. The van der Waals surface area contributed by atoms with E-state index >= 15 is 0 Å². The molecule has 84 heavy (non-hydrogen) atoms. The lowest BCUT2D eigenvalue weighted by atomic mass is 9.85. The van der Waals surface area contributed by atoms with Gasteiger partial charge < -0.3 is 47.0 Å². The van der Waals surface area contributed by atoms with Gasteiger partial charge in [-0.05, 0) is 84.5 Å². The van der Waals surface area contributed by atoms with Gasteiger partial charge in [-0.25, -0.2) is 0 Å². The van der Waals surface area contributed by atoms with Gasteiger partial charge in [0.15, 0.2) is 0 Å². The minimum atomic E-state index is -1.06. The SMILES string of the molecule is CC[C@@H](C)C(=O)N[C@H](C(=O)N1C[C@@H](NC(=O)c2cccc(C(=O)N[C@H]3C[C@@H](C(=O)NC(c4ccccc4)c4ccccc4)N(C(=O)[C@@H](NC(=O)[C@H](C)NC)C(C)(C)C)C3)c2)C[C@H]1C(=O)NC(c1ccccc1)c1ccccc1)C(C)(C)C.Cl.Cl. The molecular formula is C65H83Cl2N9O8. The molecule has 0 radical (unpaired) electrons. The van der Waals surface area contributed by atoms with Crippen molar-refractivity contribution in [1.29, 1.82) is 0 Å². The van der Waals surface area contributed by atoms with Gasteiger partial charge in [-0.2, -0.15) is 0 Å². The molecule has 2 fully saturated rings. The zero-order valence-electron chi connectivity index (χ0n) is 49.6. The van der Waals surface area contributed by atoms with Crippen molar-refractivity contribution >= 4 is 72.1 Å².